The molecule has 4 rings (SSSR count). The van der Waals surface area contributed by atoms with Crippen LogP contribution in [0.2, 0.25) is 0 Å². The molecule has 2 aliphatic rings. The molecule has 2 aromatic rings. The van der Waals surface area contributed by atoms with Gasteiger partial charge in [0, 0.05) is 28.9 Å². The molecule has 0 spiro atoms. The van der Waals surface area contributed by atoms with Crippen molar-refractivity contribution in [3.05, 3.63) is 77.8 Å². The third kappa shape index (κ3) is 5.68. The molecule has 6 heteroatoms. The van der Waals surface area contributed by atoms with Gasteiger partial charge in [0.2, 0.25) is 0 Å². The Hall–Kier alpha value is -2.27. The number of rotatable bonds is 7. The van der Waals surface area contributed by atoms with Gasteiger partial charge in [-0.15, -0.1) is 11.6 Å². The predicted octanol–water partition coefficient (Wildman–Crippen LogP) is 8.18. The van der Waals surface area contributed by atoms with E-state index >= 15 is 0 Å². The van der Waals surface area contributed by atoms with Gasteiger partial charge in [-0.3, -0.25) is 4.98 Å². The molecule has 1 fully saturated rings. The van der Waals surface area contributed by atoms with Crippen LogP contribution in [0.1, 0.15) is 56.6 Å². The van der Waals surface area contributed by atoms with Gasteiger partial charge in [-0.1, -0.05) is 37.8 Å². The normalized spacial score (nSPS) is 24.0. The van der Waals surface area contributed by atoms with Crippen molar-refractivity contribution < 1.29 is 13.2 Å². The minimum Gasteiger partial charge on any atom is -0.359 e. The number of allylic oxidation sites excluding steroid dienone is 4. The highest BCUT2D eigenvalue weighted by molar-refractivity contribution is 6.22. The van der Waals surface area contributed by atoms with Crippen molar-refractivity contribution in [1.29, 1.82) is 0 Å². The van der Waals surface area contributed by atoms with Crippen LogP contribution in [0, 0.1) is 17.8 Å². The maximum absolute atomic E-state index is 13.4. The van der Waals surface area contributed by atoms with E-state index in [1.54, 1.807) is 6.07 Å². The Morgan fingerprint density at radius 2 is 1.97 bits per heavy atom. The van der Waals surface area contributed by atoms with E-state index < -0.39 is 11.7 Å². The van der Waals surface area contributed by atoms with Gasteiger partial charge < -0.3 is 5.32 Å². The molecule has 0 saturated heterocycles. The van der Waals surface area contributed by atoms with Gasteiger partial charge in [0.05, 0.1) is 16.5 Å². The van der Waals surface area contributed by atoms with Crippen LogP contribution in [0.3, 0.4) is 0 Å². The van der Waals surface area contributed by atoms with E-state index in [1.807, 2.05) is 18.2 Å². The fourth-order valence-corrected chi connectivity index (χ4v) is 5.74. The monoisotopic (exact) mass is 488 g/mol. The number of hydrogen-bond acceptors (Lipinski definition) is 2. The summed E-state index contributed by atoms with van der Waals surface area (Å²) >= 11 is 6.13. The Bertz CT molecular complexity index is 1080. The minimum absolute atomic E-state index is 0.0566. The number of halogens is 4. The zero-order chi connectivity index (χ0) is 24.3. The number of fused-ring (bicyclic) bond motifs is 1. The molecule has 0 aliphatic heterocycles. The van der Waals surface area contributed by atoms with E-state index in [9.17, 15) is 13.2 Å². The summed E-state index contributed by atoms with van der Waals surface area (Å²) in [6.07, 6.45) is 10.3. The minimum atomic E-state index is -4.40. The lowest BCUT2D eigenvalue weighted by molar-refractivity contribution is -0.136. The second-order valence-electron chi connectivity index (χ2n) is 9.59. The van der Waals surface area contributed by atoms with E-state index in [0.717, 1.165) is 68.0 Å². The molecule has 1 N–H and O–H groups in total. The summed E-state index contributed by atoms with van der Waals surface area (Å²) in [5, 5.41) is 4.18. The lowest BCUT2D eigenvalue weighted by Crippen LogP contribution is -2.28. The summed E-state index contributed by atoms with van der Waals surface area (Å²) in [4.78, 5) is 4.07. The fraction of sp³-hybridized carbons (Fsp3) is 0.464. The highest BCUT2D eigenvalue weighted by Gasteiger charge is 2.34. The van der Waals surface area contributed by atoms with Crippen molar-refractivity contribution in [2.45, 2.75) is 63.4 Å². The van der Waals surface area contributed by atoms with Crippen molar-refractivity contribution in [2.75, 3.05) is 0 Å². The van der Waals surface area contributed by atoms with Crippen molar-refractivity contribution in [1.82, 2.24) is 10.3 Å². The van der Waals surface area contributed by atoms with Crippen LogP contribution >= 0.6 is 11.6 Å². The Labute approximate surface area is 205 Å². The number of benzene rings is 1. The molecule has 1 aromatic carbocycles. The van der Waals surface area contributed by atoms with Gasteiger partial charge >= 0.3 is 6.18 Å². The first kappa shape index (κ1) is 24.8. The Balaban J connectivity index is 1.39. The zero-order valence-electron chi connectivity index (χ0n) is 19.5. The molecule has 2 unspecified atom stereocenters. The first-order valence-electron chi connectivity index (χ1n) is 12.2. The average Bonchev–Trinajstić information content (AvgIpc) is 2.81. The van der Waals surface area contributed by atoms with Crippen LogP contribution in [0.5, 0.6) is 0 Å². The number of pyridine rings is 1. The Morgan fingerprint density at radius 3 is 2.62 bits per heavy atom. The first-order chi connectivity index (χ1) is 16.3. The number of hydrogen-bond donors (Lipinski definition) is 1. The third-order valence-electron chi connectivity index (χ3n) is 7.38. The maximum atomic E-state index is 13.4. The molecule has 182 valence electrons. The van der Waals surface area contributed by atoms with Crippen molar-refractivity contribution in [3.63, 3.8) is 0 Å². The lowest BCUT2D eigenvalue weighted by Gasteiger charge is -2.35. The highest BCUT2D eigenvalue weighted by Crippen LogP contribution is 2.40. The van der Waals surface area contributed by atoms with E-state index in [-0.39, 0.29) is 10.9 Å². The summed E-state index contributed by atoms with van der Waals surface area (Å²) in [6, 6.07) is 6.25. The van der Waals surface area contributed by atoms with Crippen molar-refractivity contribution in [3.8, 4) is 0 Å². The maximum Gasteiger partial charge on any atom is 0.418 e. The van der Waals surface area contributed by atoms with E-state index in [4.69, 9.17) is 11.6 Å². The first-order valence-corrected chi connectivity index (χ1v) is 12.6. The van der Waals surface area contributed by atoms with E-state index in [2.05, 4.69) is 29.9 Å². The molecule has 2 nitrogen and oxygen atoms in total. The molecule has 1 aromatic heterocycles. The molecule has 0 bridgehead atoms. The van der Waals surface area contributed by atoms with Gasteiger partial charge in [-0.25, -0.2) is 0 Å². The average molecular weight is 489 g/mol. The molecule has 2 aliphatic carbocycles. The third-order valence-corrected chi connectivity index (χ3v) is 7.70. The van der Waals surface area contributed by atoms with Crippen molar-refractivity contribution in [2.24, 2.45) is 17.8 Å². The SMILES string of the molecule is C=C(NC1=CCC(Cl)C=C1)C(CC)C1CCC(Cc2ccnc3c(C(F)(F)F)cccc23)CC1. The lowest BCUT2D eigenvalue weighted by atomic mass is 9.72. The van der Waals surface area contributed by atoms with Gasteiger partial charge in [0.1, 0.15) is 0 Å². The molecule has 1 saturated carbocycles. The summed E-state index contributed by atoms with van der Waals surface area (Å²) in [5.74, 6) is 1.45. The van der Waals surface area contributed by atoms with Crippen LogP contribution in [-0.4, -0.2) is 10.4 Å². The van der Waals surface area contributed by atoms with Gasteiger partial charge in [0.15, 0.2) is 0 Å². The fourth-order valence-electron chi connectivity index (χ4n) is 5.58. The van der Waals surface area contributed by atoms with Crippen LogP contribution in [-0.2, 0) is 12.6 Å². The largest absolute Gasteiger partial charge is 0.418 e. The van der Waals surface area contributed by atoms with Gasteiger partial charge in [0.25, 0.3) is 0 Å². The van der Waals surface area contributed by atoms with Crippen LogP contribution in [0.25, 0.3) is 10.9 Å². The number of para-hydroxylation sites is 1. The standard InChI is InChI=1S/C28H32ClF3N2/c1-3-24(18(2)34-23-13-11-22(29)12-14-23)20-9-7-19(8-10-20)17-21-15-16-33-27-25(21)5-4-6-26(27)28(30,31)32/h4-6,11,13-16,19-20,22,24,34H,2-3,7-10,12,17H2,1H3. The predicted molar refractivity (Wildman–Crippen MR) is 133 cm³/mol. The zero-order valence-corrected chi connectivity index (χ0v) is 20.3. The van der Waals surface area contributed by atoms with Gasteiger partial charge in [-0.05, 0) is 80.6 Å². The summed E-state index contributed by atoms with van der Waals surface area (Å²) in [7, 11) is 0. The summed E-state index contributed by atoms with van der Waals surface area (Å²) in [6.45, 7) is 6.56. The van der Waals surface area contributed by atoms with E-state index in [0.29, 0.717) is 23.1 Å². The Morgan fingerprint density at radius 1 is 1.21 bits per heavy atom. The molecule has 2 atom stereocenters. The number of nitrogens with one attached hydrogen (secondary N) is 1. The smallest absolute Gasteiger partial charge is 0.359 e. The molecule has 34 heavy (non-hydrogen) atoms. The summed E-state index contributed by atoms with van der Waals surface area (Å²) < 4.78 is 40.3. The van der Waals surface area contributed by atoms with Crippen LogP contribution in [0.15, 0.2) is 66.7 Å². The number of aromatic nitrogens is 1. The number of alkyl halides is 4. The van der Waals surface area contributed by atoms with Gasteiger partial charge in [-0.2, -0.15) is 13.2 Å². The number of nitrogens with zero attached hydrogens (tertiary/aromatic N) is 1. The second-order valence-corrected chi connectivity index (χ2v) is 10.2. The second kappa shape index (κ2) is 10.6. The highest BCUT2D eigenvalue weighted by atomic mass is 35.5. The molecule has 1 heterocycles. The van der Waals surface area contributed by atoms with Crippen LogP contribution in [0.4, 0.5) is 13.2 Å². The molecule has 0 amide bonds. The van der Waals surface area contributed by atoms with E-state index in [1.165, 1.54) is 12.3 Å². The quantitative estimate of drug-likeness (QED) is 0.397. The molecule has 0 radical (unpaired) electrons. The van der Waals surface area contributed by atoms with Crippen molar-refractivity contribution >= 4 is 22.5 Å². The summed E-state index contributed by atoms with van der Waals surface area (Å²) in [5.41, 5.74) is 2.50. The van der Waals surface area contributed by atoms with Crippen LogP contribution < -0.4 is 5.32 Å². The Kier molecular flexibility index (Phi) is 7.71. The topological polar surface area (TPSA) is 24.9 Å². The molecular weight excluding hydrogens is 457 g/mol. The molecular formula is C28H32ClF3N2.